The number of benzene rings is 2. The molecule has 5 nitrogen and oxygen atoms in total. The lowest BCUT2D eigenvalue weighted by Crippen LogP contribution is -2.25. The van der Waals surface area contributed by atoms with Crippen LogP contribution < -0.4 is 10.1 Å². The van der Waals surface area contributed by atoms with Crippen molar-refractivity contribution in [3.05, 3.63) is 59.2 Å². The van der Waals surface area contributed by atoms with E-state index in [0.717, 1.165) is 0 Å². The number of amides is 1. The van der Waals surface area contributed by atoms with Gasteiger partial charge in [-0.15, -0.1) is 0 Å². The highest BCUT2D eigenvalue weighted by atomic mass is 16.5. The van der Waals surface area contributed by atoms with Crippen molar-refractivity contribution >= 4 is 17.4 Å². The molecule has 1 aliphatic heterocycles. The van der Waals surface area contributed by atoms with Crippen molar-refractivity contribution in [3.63, 3.8) is 0 Å². The van der Waals surface area contributed by atoms with E-state index in [-0.39, 0.29) is 18.3 Å². The van der Waals surface area contributed by atoms with E-state index in [1.54, 1.807) is 42.5 Å². The number of nitrogens with one attached hydrogen (secondary N) is 1. The van der Waals surface area contributed by atoms with Gasteiger partial charge >= 0.3 is 0 Å². The second-order valence-electron chi connectivity index (χ2n) is 4.57. The summed E-state index contributed by atoms with van der Waals surface area (Å²) in [5, 5.41) is 11.4. The molecule has 102 valence electrons. The normalized spacial score (nSPS) is 12.6. The SMILES string of the molecule is N#Cc1ccc(C(=O)c2ccc3c(c2)NC(=O)CO3)cc1. The molecule has 0 radical (unpaired) electrons. The number of hydrogen-bond donors (Lipinski definition) is 1. The minimum atomic E-state index is -0.245. The van der Waals surface area contributed by atoms with Crippen LogP contribution in [0.5, 0.6) is 5.75 Å². The highest BCUT2D eigenvalue weighted by molar-refractivity contribution is 6.10. The number of nitrogens with zero attached hydrogens (tertiary/aromatic N) is 1. The molecule has 1 aliphatic rings. The summed E-state index contributed by atoms with van der Waals surface area (Å²) in [7, 11) is 0. The fourth-order valence-corrected chi connectivity index (χ4v) is 2.09. The number of ketones is 1. The maximum atomic E-state index is 12.4. The molecule has 2 aromatic rings. The minimum absolute atomic E-state index is 0.0179. The van der Waals surface area contributed by atoms with E-state index < -0.39 is 0 Å². The Bertz CT molecular complexity index is 773. The number of fused-ring (bicyclic) bond motifs is 1. The summed E-state index contributed by atoms with van der Waals surface area (Å²) in [4.78, 5) is 23.7. The molecule has 0 fully saturated rings. The Morgan fingerprint density at radius 1 is 1.14 bits per heavy atom. The minimum Gasteiger partial charge on any atom is -0.482 e. The smallest absolute Gasteiger partial charge is 0.262 e. The Balaban J connectivity index is 1.93. The largest absolute Gasteiger partial charge is 0.482 e. The number of ether oxygens (including phenoxy) is 1. The van der Waals surface area contributed by atoms with Gasteiger partial charge in [-0.05, 0) is 42.5 Å². The summed E-state index contributed by atoms with van der Waals surface area (Å²) in [5.74, 6) is 0.124. The molecule has 0 spiro atoms. The van der Waals surface area contributed by atoms with E-state index in [0.29, 0.717) is 28.1 Å². The van der Waals surface area contributed by atoms with Crippen LogP contribution in [0.25, 0.3) is 0 Å². The van der Waals surface area contributed by atoms with Crippen LogP contribution in [-0.2, 0) is 4.79 Å². The van der Waals surface area contributed by atoms with E-state index in [2.05, 4.69) is 5.32 Å². The molecule has 0 bridgehead atoms. The first kappa shape index (κ1) is 12.9. The van der Waals surface area contributed by atoms with E-state index in [4.69, 9.17) is 10.00 Å². The molecule has 21 heavy (non-hydrogen) atoms. The number of anilines is 1. The topological polar surface area (TPSA) is 79.2 Å². The molecule has 0 aliphatic carbocycles. The van der Waals surface area contributed by atoms with Crippen molar-refractivity contribution in [2.45, 2.75) is 0 Å². The van der Waals surface area contributed by atoms with Gasteiger partial charge in [0.2, 0.25) is 0 Å². The molecule has 0 atom stereocenters. The molecule has 1 amide bonds. The van der Waals surface area contributed by atoms with Gasteiger partial charge in [0.1, 0.15) is 5.75 Å². The van der Waals surface area contributed by atoms with Crippen molar-refractivity contribution in [2.75, 3.05) is 11.9 Å². The van der Waals surface area contributed by atoms with Gasteiger partial charge in [-0.3, -0.25) is 9.59 Å². The van der Waals surface area contributed by atoms with Crippen LogP contribution >= 0.6 is 0 Å². The first-order valence-electron chi connectivity index (χ1n) is 6.29. The molecule has 0 saturated heterocycles. The van der Waals surface area contributed by atoms with Crippen LogP contribution in [0.3, 0.4) is 0 Å². The second-order valence-corrected chi connectivity index (χ2v) is 4.57. The van der Waals surface area contributed by atoms with Gasteiger partial charge in [0.15, 0.2) is 12.4 Å². The zero-order chi connectivity index (χ0) is 14.8. The van der Waals surface area contributed by atoms with E-state index in [9.17, 15) is 9.59 Å². The Morgan fingerprint density at radius 3 is 2.57 bits per heavy atom. The van der Waals surface area contributed by atoms with Crippen LogP contribution in [-0.4, -0.2) is 18.3 Å². The average molecular weight is 278 g/mol. The maximum absolute atomic E-state index is 12.4. The van der Waals surface area contributed by atoms with Gasteiger partial charge in [-0.25, -0.2) is 0 Å². The van der Waals surface area contributed by atoms with Crippen LogP contribution in [0.1, 0.15) is 21.5 Å². The van der Waals surface area contributed by atoms with Gasteiger partial charge in [-0.2, -0.15) is 5.26 Å². The van der Waals surface area contributed by atoms with E-state index in [1.807, 2.05) is 6.07 Å². The molecule has 5 heteroatoms. The molecular formula is C16H10N2O3. The van der Waals surface area contributed by atoms with Gasteiger partial charge in [0.05, 0.1) is 17.3 Å². The van der Waals surface area contributed by atoms with Gasteiger partial charge in [-0.1, -0.05) is 0 Å². The molecule has 1 N–H and O–H groups in total. The van der Waals surface area contributed by atoms with E-state index in [1.165, 1.54) is 0 Å². The highest BCUT2D eigenvalue weighted by Gasteiger charge is 2.18. The van der Waals surface area contributed by atoms with Crippen LogP contribution in [0.2, 0.25) is 0 Å². The lowest BCUT2D eigenvalue weighted by molar-refractivity contribution is -0.118. The molecule has 0 aromatic heterocycles. The maximum Gasteiger partial charge on any atom is 0.262 e. The van der Waals surface area contributed by atoms with Crippen LogP contribution in [0, 0.1) is 11.3 Å². The van der Waals surface area contributed by atoms with Gasteiger partial charge < -0.3 is 10.1 Å². The monoisotopic (exact) mass is 278 g/mol. The Hall–Kier alpha value is -3.13. The number of rotatable bonds is 2. The molecule has 2 aromatic carbocycles. The summed E-state index contributed by atoms with van der Waals surface area (Å²) in [6.45, 7) is -0.0179. The van der Waals surface area contributed by atoms with Crippen molar-refractivity contribution in [3.8, 4) is 11.8 Å². The summed E-state index contributed by atoms with van der Waals surface area (Å²) < 4.78 is 5.25. The lowest BCUT2D eigenvalue weighted by Gasteiger charge is -2.18. The zero-order valence-corrected chi connectivity index (χ0v) is 10.9. The fourth-order valence-electron chi connectivity index (χ4n) is 2.09. The molecule has 0 unspecified atom stereocenters. The number of carbonyl (C=O) groups excluding carboxylic acids is 2. The first-order valence-corrected chi connectivity index (χ1v) is 6.29. The molecule has 1 heterocycles. The van der Waals surface area contributed by atoms with Crippen molar-refractivity contribution in [2.24, 2.45) is 0 Å². The predicted octanol–water partition coefficient (Wildman–Crippen LogP) is 2.12. The third-order valence-electron chi connectivity index (χ3n) is 3.15. The summed E-state index contributed by atoms with van der Waals surface area (Å²) in [5.41, 5.74) is 1.92. The molecular weight excluding hydrogens is 268 g/mol. The van der Waals surface area contributed by atoms with Crippen molar-refractivity contribution in [1.82, 2.24) is 0 Å². The summed E-state index contributed by atoms with van der Waals surface area (Å²) >= 11 is 0. The highest BCUT2D eigenvalue weighted by Crippen LogP contribution is 2.29. The number of hydrogen-bond acceptors (Lipinski definition) is 4. The predicted molar refractivity (Wildman–Crippen MR) is 75.2 cm³/mol. The van der Waals surface area contributed by atoms with Crippen LogP contribution in [0.15, 0.2) is 42.5 Å². The fraction of sp³-hybridized carbons (Fsp3) is 0.0625. The van der Waals surface area contributed by atoms with Crippen molar-refractivity contribution < 1.29 is 14.3 Å². The van der Waals surface area contributed by atoms with Crippen molar-refractivity contribution in [1.29, 1.82) is 5.26 Å². The quantitative estimate of drug-likeness (QED) is 0.853. The average Bonchev–Trinajstić information content (AvgIpc) is 2.53. The third-order valence-corrected chi connectivity index (χ3v) is 3.15. The number of carbonyl (C=O) groups is 2. The Morgan fingerprint density at radius 2 is 1.86 bits per heavy atom. The third kappa shape index (κ3) is 2.47. The molecule has 3 rings (SSSR count). The molecule has 0 saturated carbocycles. The summed E-state index contributed by atoms with van der Waals surface area (Å²) in [6, 6.07) is 13.3. The Labute approximate surface area is 120 Å². The first-order chi connectivity index (χ1) is 10.2. The second kappa shape index (κ2) is 5.10. The summed E-state index contributed by atoms with van der Waals surface area (Å²) in [6.07, 6.45) is 0. The Kier molecular flexibility index (Phi) is 3.13. The van der Waals surface area contributed by atoms with Crippen LogP contribution in [0.4, 0.5) is 5.69 Å². The zero-order valence-electron chi connectivity index (χ0n) is 10.9. The van der Waals surface area contributed by atoms with Gasteiger partial charge in [0, 0.05) is 11.1 Å². The lowest BCUT2D eigenvalue weighted by atomic mass is 10.0. The van der Waals surface area contributed by atoms with Gasteiger partial charge in [0.25, 0.3) is 5.91 Å². The standard InChI is InChI=1S/C16H10N2O3/c17-8-10-1-3-11(4-2-10)16(20)12-5-6-14-13(7-12)18-15(19)9-21-14/h1-7H,9H2,(H,18,19). The number of nitriles is 1. The van der Waals surface area contributed by atoms with E-state index >= 15 is 0 Å².